The molecule has 1 aliphatic heterocycles. The molecular formula is C19H17N3O3S. The molecule has 0 bridgehead atoms. The third kappa shape index (κ3) is 3.01. The van der Waals surface area contributed by atoms with E-state index < -0.39 is 6.09 Å². The number of nitrogens with zero attached hydrogens (tertiary/aromatic N) is 2. The molecule has 1 N–H and O–H groups in total. The topological polar surface area (TPSA) is 71.5 Å². The summed E-state index contributed by atoms with van der Waals surface area (Å²) in [5, 5.41) is 5.11. The highest BCUT2D eigenvalue weighted by Crippen LogP contribution is 2.30. The number of methoxy groups -OCH3 is 1. The van der Waals surface area contributed by atoms with Crippen molar-refractivity contribution >= 4 is 39.2 Å². The van der Waals surface area contributed by atoms with Crippen LogP contribution in [0.2, 0.25) is 0 Å². The van der Waals surface area contributed by atoms with Gasteiger partial charge in [0.25, 0.3) is 5.91 Å². The molecule has 0 radical (unpaired) electrons. The highest BCUT2D eigenvalue weighted by Gasteiger charge is 2.26. The van der Waals surface area contributed by atoms with Gasteiger partial charge in [0.2, 0.25) is 0 Å². The maximum absolute atomic E-state index is 13.1. The molecule has 0 aliphatic carbocycles. The van der Waals surface area contributed by atoms with Gasteiger partial charge >= 0.3 is 6.09 Å². The van der Waals surface area contributed by atoms with Crippen LogP contribution in [0, 0.1) is 0 Å². The van der Waals surface area contributed by atoms with Gasteiger partial charge in [-0.3, -0.25) is 10.1 Å². The van der Waals surface area contributed by atoms with Gasteiger partial charge in [-0.25, -0.2) is 9.78 Å². The van der Waals surface area contributed by atoms with E-state index in [4.69, 9.17) is 0 Å². The van der Waals surface area contributed by atoms with E-state index in [1.807, 2.05) is 47.4 Å². The van der Waals surface area contributed by atoms with Crippen LogP contribution in [-0.4, -0.2) is 35.5 Å². The highest BCUT2D eigenvalue weighted by molar-refractivity contribution is 7.15. The lowest BCUT2D eigenvalue weighted by atomic mass is 10.0. The van der Waals surface area contributed by atoms with Gasteiger partial charge in [0.1, 0.15) is 0 Å². The Morgan fingerprint density at radius 3 is 2.85 bits per heavy atom. The van der Waals surface area contributed by atoms with Gasteiger partial charge < -0.3 is 9.64 Å². The van der Waals surface area contributed by atoms with Gasteiger partial charge in [0.05, 0.1) is 19.3 Å². The number of aromatic nitrogens is 1. The number of benzene rings is 2. The predicted molar refractivity (Wildman–Crippen MR) is 101 cm³/mol. The van der Waals surface area contributed by atoms with Crippen LogP contribution >= 0.6 is 11.3 Å². The third-order valence-electron chi connectivity index (χ3n) is 4.43. The van der Waals surface area contributed by atoms with E-state index in [2.05, 4.69) is 15.0 Å². The molecule has 0 saturated carbocycles. The highest BCUT2D eigenvalue weighted by atomic mass is 32.1. The number of rotatable bonds is 2. The Labute approximate surface area is 154 Å². The average Bonchev–Trinajstić information content (AvgIpc) is 3.08. The molecule has 26 heavy (non-hydrogen) atoms. The van der Waals surface area contributed by atoms with Crippen molar-refractivity contribution in [2.45, 2.75) is 13.0 Å². The van der Waals surface area contributed by atoms with Gasteiger partial charge in [-0.2, -0.15) is 0 Å². The zero-order valence-corrected chi connectivity index (χ0v) is 15.0. The smallest absolute Gasteiger partial charge is 0.413 e. The standard InChI is InChI=1S/C19H17N3O3S/c1-25-19(24)21-18-20-15-9-10-22(11-16(15)26-18)17(23)14-8-4-6-12-5-2-3-7-13(12)14/h2-8H,9-11H2,1H3,(H,20,21,24). The van der Waals surface area contributed by atoms with E-state index in [0.717, 1.165) is 21.3 Å². The Balaban J connectivity index is 1.58. The largest absolute Gasteiger partial charge is 0.453 e. The lowest BCUT2D eigenvalue weighted by molar-refractivity contribution is 0.0738. The number of thiazole rings is 1. The molecule has 0 spiro atoms. The quantitative estimate of drug-likeness (QED) is 0.750. The van der Waals surface area contributed by atoms with Crippen LogP contribution < -0.4 is 5.32 Å². The van der Waals surface area contributed by atoms with E-state index in [0.29, 0.717) is 30.2 Å². The fourth-order valence-corrected chi connectivity index (χ4v) is 4.15. The zero-order valence-electron chi connectivity index (χ0n) is 14.2. The molecule has 0 saturated heterocycles. The summed E-state index contributed by atoms with van der Waals surface area (Å²) in [5.74, 6) is 0.0170. The van der Waals surface area contributed by atoms with E-state index >= 15 is 0 Å². The Kier molecular flexibility index (Phi) is 4.30. The Morgan fingerprint density at radius 2 is 2.00 bits per heavy atom. The van der Waals surface area contributed by atoms with Gasteiger partial charge in [-0.1, -0.05) is 47.7 Å². The number of fused-ring (bicyclic) bond motifs is 2. The molecule has 0 atom stereocenters. The molecule has 2 heterocycles. The Bertz CT molecular complexity index is 993. The minimum Gasteiger partial charge on any atom is -0.453 e. The molecule has 0 fully saturated rings. The first kappa shape index (κ1) is 16.5. The fourth-order valence-electron chi connectivity index (χ4n) is 3.14. The second-order valence-electron chi connectivity index (χ2n) is 6.01. The summed E-state index contributed by atoms with van der Waals surface area (Å²) >= 11 is 1.38. The van der Waals surface area contributed by atoms with Crippen LogP contribution in [0.1, 0.15) is 20.9 Å². The van der Waals surface area contributed by atoms with Crippen molar-refractivity contribution in [2.75, 3.05) is 19.0 Å². The number of amides is 2. The molecule has 7 heteroatoms. The second kappa shape index (κ2) is 6.76. The first-order chi connectivity index (χ1) is 12.7. The summed E-state index contributed by atoms with van der Waals surface area (Å²) in [6.45, 7) is 1.11. The Morgan fingerprint density at radius 1 is 1.19 bits per heavy atom. The summed E-state index contributed by atoms with van der Waals surface area (Å²) in [5.41, 5.74) is 1.65. The van der Waals surface area contributed by atoms with Crippen LogP contribution in [0.5, 0.6) is 0 Å². The van der Waals surface area contributed by atoms with Gasteiger partial charge in [-0.05, 0) is 16.8 Å². The van der Waals surface area contributed by atoms with Crippen molar-refractivity contribution in [3.63, 3.8) is 0 Å². The zero-order chi connectivity index (χ0) is 18.1. The van der Waals surface area contributed by atoms with Crippen molar-refractivity contribution < 1.29 is 14.3 Å². The number of hydrogen-bond donors (Lipinski definition) is 1. The maximum atomic E-state index is 13.1. The number of hydrogen-bond acceptors (Lipinski definition) is 5. The number of carbonyl (C=O) groups excluding carboxylic acids is 2. The second-order valence-corrected chi connectivity index (χ2v) is 7.09. The molecular weight excluding hydrogens is 350 g/mol. The normalized spacial score (nSPS) is 13.3. The molecule has 6 nitrogen and oxygen atoms in total. The van der Waals surface area contributed by atoms with Crippen LogP contribution in [-0.2, 0) is 17.7 Å². The summed E-state index contributed by atoms with van der Waals surface area (Å²) in [6.07, 6.45) is 0.130. The molecule has 2 amide bonds. The van der Waals surface area contributed by atoms with Gasteiger partial charge in [0, 0.05) is 23.4 Å². The molecule has 1 aliphatic rings. The van der Waals surface area contributed by atoms with E-state index in [-0.39, 0.29) is 5.91 Å². The van der Waals surface area contributed by atoms with Crippen molar-refractivity contribution in [3.8, 4) is 0 Å². The monoisotopic (exact) mass is 367 g/mol. The molecule has 2 aromatic carbocycles. The lowest BCUT2D eigenvalue weighted by Crippen LogP contribution is -2.35. The van der Waals surface area contributed by atoms with E-state index in [1.54, 1.807) is 0 Å². The molecule has 132 valence electrons. The van der Waals surface area contributed by atoms with Crippen molar-refractivity contribution in [2.24, 2.45) is 0 Å². The number of anilines is 1. The summed E-state index contributed by atoms with van der Waals surface area (Å²) in [4.78, 5) is 31.7. The molecule has 4 rings (SSSR count). The van der Waals surface area contributed by atoms with Gasteiger partial charge in [0.15, 0.2) is 5.13 Å². The number of carbonyl (C=O) groups is 2. The summed E-state index contributed by atoms with van der Waals surface area (Å²) in [7, 11) is 1.31. The van der Waals surface area contributed by atoms with Crippen LogP contribution in [0.4, 0.5) is 9.93 Å². The minimum atomic E-state index is -0.542. The molecule has 3 aromatic rings. The van der Waals surface area contributed by atoms with Crippen molar-refractivity contribution in [1.82, 2.24) is 9.88 Å². The maximum Gasteiger partial charge on any atom is 0.413 e. The Hall–Kier alpha value is -2.93. The summed E-state index contributed by atoms with van der Waals surface area (Å²) < 4.78 is 4.60. The number of ether oxygens (including phenoxy) is 1. The first-order valence-corrected chi connectivity index (χ1v) is 9.08. The van der Waals surface area contributed by atoms with Crippen molar-refractivity contribution in [3.05, 3.63) is 58.6 Å². The minimum absolute atomic E-state index is 0.0170. The van der Waals surface area contributed by atoms with E-state index in [1.165, 1.54) is 18.4 Å². The lowest BCUT2D eigenvalue weighted by Gasteiger charge is -2.26. The fraction of sp³-hybridized carbons (Fsp3) is 0.211. The van der Waals surface area contributed by atoms with Crippen LogP contribution in [0.25, 0.3) is 10.8 Å². The molecule has 0 unspecified atom stereocenters. The van der Waals surface area contributed by atoms with Gasteiger partial charge in [-0.15, -0.1) is 0 Å². The first-order valence-electron chi connectivity index (χ1n) is 8.26. The average molecular weight is 367 g/mol. The van der Waals surface area contributed by atoms with E-state index in [9.17, 15) is 9.59 Å². The summed E-state index contributed by atoms with van der Waals surface area (Å²) in [6, 6.07) is 13.7. The predicted octanol–water partition coefficient (Wildman–Crippen LogP) is 3.67. The third-order valence-corrected chi connectivity index (χ3v) is 5.43. The van der Waals surface area contributed by atoms with Crippen LogP contribution in [0.3, 0.4) is 0 Å². The SMILES string of the molecule is COC(=O)Nc1nc2c(s1)CN(C(=O)c1cccc3ccccc13)CC2. The number of nitrogens with one attached hydrogen (secondary N) is 1. The van der Waals surface area contributed by atoms with Crippen molar-refractivity contribution in [1.29, 1.82) is 0 Å². The molecule has 1 aromatic heterocycles. The van der Waals surface area contributed by atoms with Crippen LogP contribution in [0.15, 0.2) is 42.5 Å².